The molecule has 80 valence electrons. The van der Waals surface area contributed by atoms with Gasteiger partial charge in [0.15, 0.2) is 0 Å². The van der Waals surface area contributed by atoms with Crippen LogP contribution in [0, 0.1) is 6.92 Å². The average molecular weight is 220 g/mol. The highest BCUT2D eigenvalue weighted by molar-refractivity contribution is 7.86. The molecule has 2 N–H and O–H groups in total. The molecule has 1 unspecified atom stereocenters. The van der Waals surface area contributed by atoms with Gasteiger partial charge in [-0.1, -0.05) is 5.21 Å². The molecule has 0 aliphatic heterocycles. The van der Waals surface area contributed by atoms with Crippen molar-refractivity contribution in [1.82, 2.24) is 20.3 Å². The molecule has 0 fully saturated rings. The largest absolute Gasteiger partial charge is 0.305 e. The summed E-state index contributed by atoms with van der Waals surface area (Å²) in [6.07, 6.45) is 1.42. The fourth-order valence-corrected chi connectivity index (χ4v) is 1.50. The van der Waals surface area contributed by atoms with Gasteiger partial charge in [-0.25, -0.2) is 4.68 Å². The summed E-state index contributed by atoms with van der Waals surface area (Å²) in [6.45, 7) is 2.96. The van der Waals surface area contributed by atoms with E-state index in [1.807, 2.05) is 0 Å². The van der Waals surface area contributed by atoms with Crippen LogP contribution in [0.2, 0.25) is 0 Å². The van der Waals surface area contributed by atoms with E-state index in [2.05, 4.69) is 15.6 Å². The topological polar surface area (TPSA) is 97.1 Å². The summed E-state index contributed by atoms with van der Waals surface area (Å²) in [5.41, 5.74) is 0.565. The molecule has 0 saturated carbocycles. The van der Waals surface area contributed by atoms with E-state index in [0.29, 0.717) is 5.69 Å². The number of aromatic nitrogens is 3. The van der Waals surface area contributed by atoms with Gasteiger partial charge in [-0.2, -0.15) is 8.42 Å². The number of hydrogen-bond acceptors (Lipinski definition) is 5. The van der Waals surface area contributed by atoms with Crippen molar-refractivity contribution in [2.24, 2.45) is 0 Å². The standard InChI is InChI=1S/C6H12N4O3S/c1-5-4-10(9-8-5)6(2,7-3)14(11,12)13/h4,7H,1-3H3,(H,11,12,13). The average Bonchev–Trinajstić information content (AvgIpc) is 2.48. The maximum absolute atomic E-state index is 11.1. The number of nitrogens with zero attached hydrogens (tertiary/aromatic N) is 3. The molecule has 1 aromatic rings. The maximum Gasteiger partial charge on any atom is 0.305 e. The third-order valence-corrected chi connectivity index (χ3v) is 3.41. The molecule has 0 radical (unpaired) electrons. The zero-order valence-corrected chi connectivity index (χ0v) is 8.91. The van der Waals surface area contributed by atoms with Gasteiger partial charge in [0, 0.05) is 0 Å². The van der Waals surface area contributed by atoms with Crippen molar-refractivity contribution in [2.45, 2.75) is 18.8 Å². The Labute approximate surface area is 81.9 Å². The molecule has 1 rings (SSSR count). The van der Waals surface area contributed by atoms with Crippen molar-refractivity contribution in [2.75, 3.05) is 7.05 Å². The lowest BCUT2D eigenvalue weighted by molar-refractivity contribution is 0.305. The van der Waals surface area contributed by atoms with Crippen LogP contribution in [0.5, 0.6) is 0 Å². The van der Waals surface area contributed by atoms with Gasteiger partial charge in [0.25, 0.3) is 0 Å². The van der Waals surface area contributed by atoms with Crippen molar-refractivity contribution >= 4 is 10.1 Å². The fraction of sp³-hybridized carbons (Fsp3) is 0.667. The molecule has 0 aliphatic rings. The van der Waals surface area contributed by atoms with Gasteiger partial charge < -0.3 is 0 Å². The van der Waals surface area contributed by atoms with Crippen LogP contribution in [0.25, 0.3) is 0 Å². The molecule has 1 aromatic heterocycles. The van der Waals surface area contributed by atoms with E-state index >= 15 is 0 Å². The third-order valence-electron chi connectivity index (χ3n) is 2.01. The first-order valence-corrected chi connectivity index (χ1v) is 5.30. The second kappa shape index (κ2) is 3.30. The van der Waals surface area contributed by atoms with E-state index in [1.54, 1.807) is 6.92 Å². The SMILES string of the molecule is CNC(C)(n1cc(C)nn1)S(=O)(=O)O. The van der Waals surface area contributed by atoms with Gasteiger partial charge in [-0.3, -0.25) is 9.87 Å². The van der Waals surface area contributed by atoms with Crippen molar-refractivity contribution in [3.63, 3.8) is 0 Å². The van der Waals surface area contributed by atoms with Crippen molar-refractivity contribution in [1.29, 1.82) is 0 Å². The smallest absolute Gasteiger partial charge is 0.283 e. The summed E-state index contributed by atoms with van der Waals surface area (Å²) in [5, 5.41) is 9.70. The Kier molecular flexibility index (Phi) is 2.61. The monoisotopic (exact) mass is 220 g/mol. The van der Waals surface area contributed by atoms with E-state index in [0.717, 1.165) is 4.68 Å². The molecule has 0 aromatic carbocycles. The Hall–Kier alpha value is -0.990. The molecular formula is C6H12N4O3S. The predicted octanol–water partition coefficient (Wildman–Crippen LogP) is -0.676. The molecular weight excluding hydrogens is 208 g/mol. The summed E-state index contributed by atoms with van der Waals surface area (Å²) in [4.78, 5) is -1.69. The Morgan fingerprint density at radius 3 is 2.50 bits per heavy atom. The number of hydrogen-bond donors (Lipinski definition) is 2. The second-order valence-electron chi connectivity index (χ2n) is 3.01. The molecule has 0 amide bonds. The lowest BCUT2D eigenvalue weighted by atomic mass is 10.5. The normalized spacial score (nSPS) is 16.6. The van der Waals surface area contributed by atoms with Crippen molar-refractivity contribution < 1.29 is 13.0 Å². The lowest BCUT2D eigenvalue weighted by Crippen LogP contribution is -2.49. The van der Waals surface area contributed by atoms with Crippen LogP contribution in [0.1, 0.15) is 12.6 Å². The first-order valence-electron chi connectivity index (χ1n) is 3.86. The zero-order valence-electron chi connectivity index (χ0n) is 8.09. The lowest BCUT2D eigenvalue weighted by Gasteiger charge is -2.24. The zero-order chi connectivity index (χ0) is 11.0. The summed E-state index contributed by atoms with van der Waals surface area (Å²) in [7, 11) is -2.90. The fourth-order valence-electron chi connectivity index (χ4n) is 0.918. The maximum atomic E-state index is 11.1. The molecule has 1 atom stereocenters. The molecule has 14 heavy (non-hydrogen) atoms. The van der Waals surface area contributed by atoms with Crippen LogP contribution in [-0.2, 0) is 15.1 Å². The van der Waals surface area contributed by atoms with E-state index in [4.69, 9.17) is 4.55 Å². The predicted molar refractivity (Wildman–Crippen MR) is 49.0 cm³/mol. The third kappa shape index (κ3) is 1.63. The van der Waals surface area contributed by atoms with E-state index in [1.165, 1.54) is 20.2 Å². The van der Waals surface area contributed by atoms with Crippen LogP contribution in [0.15, 0.2) is 6.20 Å². The number of nitrogens with one attached hydrogen (secondary N) is 1. The van der Waals surface area contributed by atoms with Gasteiger partial charge in [-0.05, 0) is 20.9 Å². The molecule has 0 saturated heterocycles. The van der Waals surface area contributed by atoms with Crippen LogP contribution in [0.3, 0.4) is 0 Å². The number of rotatable bonds is 3. The Morgan fingerprint density at radius 1 is 1.64 bits per heavy atom. The van der Waals surface area contributed by atoms with E-state index in [-0.39, 0.29) is 0 Å². The quantitative estimate of drug-likeness (QED) is 0.655. The highest BCUT2D eigenvalue weighted by Gasteiger charge is 2.39. The molecule has 8 heteroatoms. The highest BCUT2D eigenvalue weighted by Crippen LogP contribution is 2.17. The Bertz CT molecular complexity index is 426. The molecule has 0 bridgehead atoms. The minimum absolute atomic E-state index is 0.565. The Balaban J connectivity index is 3.28. The van der Waals surface area contributed by atoms with Crippen molar-refractivity contribution in [3.05, 3.63) is 11.9 Å². The van der Waals surface area contributed by atoms with Crippen LogP contribution in [-0.4, -0.2) is 35.0 Å². The molecule has 0 aliphatic carbocycles. The summed E-state index contributed by atoms with van der Waals surface area (Å²) >= 11 is 0. The molecule has 1 heterocycles. The van der Waals surface area contributed by atoms with E-state index < -0.39 is 15.1 Å². The van der Waals surface area contributed by atoms with Gasteiger partial charge in [0.05, 0.1) is 11.9 Å². The van der Waals surface area contributed by atoms with E-state index in [9.17, 15) is 8.42 Å². The van der Waals surface area contributed by atoms with Gasteiger partial charge in [-0.15, -0.1) is 5.10 Å². The summed E-state index contributed by atoms with van der Waals surface area (Å²) < 4.78 is 32.3. The van der Waals surface area contributed by atoms with Crippen LogP contribution < -0.4 is 5.32 Å². The first-order chi connectivity index (χ1) is 6.31. The van der Waals surface area contributed by atoms with Gasteiger partial charge in [0.1, 0.15) is 0 Å². The highest BCUT2D eigenvalue weighted by atomic mass is 32.2. The first kappa shape index (κ1) is 11.1. The Morgan fingerprint density at radius 2 is 2.21 bits per heavy atom. The molecule has 7 nitrogen and oxygen atoms in total. The number of aryl methyl sites for hydroxylation is 1. The second-order valence-corrected chi connectivity index (χ2v) is 4.76. The van der Waals surface area contributed by atoms with Crippen molar-refractivity contribution in [3.8, 4) is 0 Å². The minimum atomic E-state index is -4.30. The molecule has 0 spiro atoms. The van der Waals surface area contributed by atoms with Gasteiger partial charge in [0.2, 0.25) is 4.99 Å². The minimum Gasteiger partial charge on any atom is -0.283 e. The summed E-state index contributed by atoms with van der Waals surface area (Å²) in [6, 6.07) is 0. The summed E-state index contributed by atoms with van der Waals surface area (Å²) in [5.74, 6) is 0. The van der Waals surface area contributed by atoms with Crippen LogP contribution in [0.4, 0.5) is 0 Å². The van der Waals surface area contributed by atoms with Gasteiger partial charge >= 0.3 is 10.1 Å². The van der Waals surface area contributed by atoms with Crippen LogP contribution >= 0.6 is 0 Å².